The number of halogens is 1. The number of nitrogens with zero attached hydrogens (tertiary/aromatic N) is 2. The first-order chi connectivity index (χ1) is 9.75. The number of hydrogen-bond acceptors (Lipinski definition) is 2. The molecule has 0 aliphatic carbocycles. The first-order valence-corrected chi connectivity index (χ1v) is 6.82. The van der Waals surface area contributed by atoms with E-state index < -0.39 is 0 Å². The van der Waals surface area contributed by atoms with Crippen molar-refractivity contribution >= 4 is 5.82 Å². The molecule has 0 amide bonds. The van der Waals surface area contributed by atoms with Gasteiger partial charge in [0, 0.05) is 11.0 Å². The van der Waals surface area contributed by atoms with Crippen molar-refractivity contribution in [2.75, 3.05) is 5.73 Å². The molecule has 0 saturated heterocycles. The van der Waals surface area contributed by atoms with E-state index in [2.05, 4.69) is 31.7 Å². The van der Waals surface area contributed by atoms with Crippen LogP contribution in [-0.4, -0.2) is 9.55 Å². The SMILES string of the molecule is C#CCn1c(C(C)(C)C)nc(-c2ccc(F)c(C)c2)c1N. The number of terminal acetylenes is 1. The van der Waals surface area contributed by atoms with Crippen LogP contribution in [0.5, 0.6) is 0 Å². The topological polar surface area (TPSA) is 43.8 Å². The predicted octanol–water partition coefficient (Wildman–Crippen LogP) is 3.51. The van der Waals surface area contributed by atoms with E-state index in [1.807, 2.05) is 4.57 Å². The van der Waals surface area contributed by atoms with Gasteiger partial charge < -0.3 is 10.3 Å². The summed E-state index contributed by atoms with van der Waals surface area (Å²) >= 11 is 0. The van der Waals surface area contributed by atoms with Crippen LogP contribution in [0.3, 0.4) is 0 Å². The smallest absolute Gasteiger partial charge is 0.132 e. The number of hydrogen-bond donors (Lipinski definition) is 1. The summed E-state index contributed by atoms with van der Waals surface area (Å²) in [6, 6.07) is 4.87. The van der Waals surface area contributed by atoms with Crippen molar-refractivity contribution in [3.05, 3.63) is 35.4 Å². The Morgan fingerprint density at radius 2 is 2.05 bits per heavy atom. The fraction of sp³-hybridized carbons (Fsp3) is 0.353. The highest BCUT2D eigenvalue weighted by Crippen LogP contribution is 2.32. The monoisotopic (exact) mass is 285 g/mol. The van der Waals surface area contributed by atoms with E-state index in [0.717, 1.165) is 11.4 Å². The van der Waals surface area contributed by atoms with Gasteiger partial charge >= 0.3 is 0 Å². The first-order valence-electron chi connectivity index (χ1n) is 6.82. The summed E-state index contributed by atoms with van der Waals surface area (Å²) in [7, 11) is 0. The first kappa shape index (κ1) is 15.1. The molecule has 0 aliphatic heterocycles. The van der Waals surface area contributed by atoms with Crippen molar-refractivity contribution in [1.29, 1.82) is 0 Å². The standard InChI is InChI=1S/C17H20FN3/c1-6-9-21-15(19)14(20-16(21)17(3,4)5)12-7-8-13(18)11(2)10-12/h1,7-8,10H,9,19H2,2-5H3. The van der Waals surface area contributed by atoms with Gasteiger partial charge in [0.15, 0.2) is 0 Å². The van der Waals surface area contributed by atoms with Gasteiger partial charge in [0.25, 0.3) is 0 Å². The fourth-order valence-corrected chi connectivity index (χ4v) is 2.29. The average molecular weight is 285 g/mol. The summed E-state index contributed by atoms with van der Waals surface area (Å²) in [5.74, 6) is 3.71. The van der Waals surface area contributed by atoms with E-state index in [-0.39, 0.29) is 11.2 Å². The second-order valence-electron chi connectivity index (χ2n) is 6.17. The third kappa shape index (κ3) is 2.78. The zero-order valence-corrected chi connectivity index (χ0v) is 12.9. The highest BCUT2D eigenvalue weighted by molar-refractivity contribution is 5.72. The largest absolute Gasteiger partial charge is 0.383 e. The Bertz CT molecular complexity index is 715. The zero-order valence-electron chi connectivity index (χ0n) is 12.9. The normalized spacial score (nSPS) is 11.4. The van der Waals surface area contributed by atoms with Gasteiger partial charge in [-0.3, -0.25) is 0 Å². The van der Waals surface area contributed by atoms with Crippen LogP contribution in [-0.2, 0) is 12.0 Å². The van der Waals surface area contributed by atoms with E-state index in [1.54, 1.807) is 19.1 Å². The summed E-state index contributed by atoms with van der Waals surface area (Å²) in [5, 5.41) is 0. The quantitative estimate of drug-likeness (QED) is 0.858. The van der Waals surface area contributed by atoms with Gasteiger partial charge in [-0.1, -0.05) is 26.7 Å². The molecule has 0 unspecified atom stereocenters. The third-order valence-electron chi connectivity index (χ3n) is 3.36. The zero-order chi connectivity index (χ0) is 15.8. The van der Waals surface area contributed by atoms with Crippen molar-refractivity contribution in [2.24, 2.45) is 0 Å². The Hall–Kier alpha value is -2.28. The van der Waals surface area contributed by atoms with Crippen LogP contribution >= 0.6 is 0 Å². The van der Waals surface area contributed by atoms with Crippen LogP contribution in [0.2, 0.25) is 0 Å². The Balaban J connectivity index is 2.65. The minimum Gasteiger partial charge on any atom is -0.383 e. The molecule has 0 fully saturated rings. The lowest BCUT2D eigenvalue weighted by atomic mass is 9.95. The van der Waals surface area contributed by atoms with Gasteiger partial charge in [0.1, 0.15) is 23.2 Å². The van der Waals surface area contributed by atoms with Crippen LogP contribution in [0.15, 0.2) is 18.2 Å². The lowest BCUT2D eigenvalue weighted by molar-refractivity contribution is 0.517. The Morgan fingerprint density at radius 3 is 2.57 bits per heavy atom. The molecule has 110 valence electrons. The van der Waals surface area contributed by atoms with E-state index in [4.69, 9.17) is 12.2 Å². The molecule has 0 spiro atoms. The predicted molar refractivity (Wildman–Crippen MR) is 84.3 cm³/mol. The lowest BCUT2D eigenvalue weighted by Crippen LogP contribution is -2.19. The van der Waals surface area contributed by atoms with Gasteiger partial charge in [-0.15, -0.1) is 6.42 Å². The number of nitrogen functional groups attached to an aromatic ring is 1. The second kappa shape index (κ2) is 5.25. The maximum atomic E-state index is 13.4. The van der Waals surface area contributed by atoms with E-state index in [0.29, 0.717) is 23.6 Å². The molecule has 1 aromatic carbocycles. The molecule has 21 heavy (non-hydrogen) atoms. The number of aromatic nitrogens is 2. The van der Waals surface area contributed by atoms with Gasteiger partial charge in [0.05, 0.1) is 6.54 Å². The van der Waals surface area contributed by atoms with Crippen molar-refractivity contribution in [1.82, 2.24) is 9.55 Å². The summed E-state index contributed by atoms with van der Waals surface area (Å²) in [4.78, 5) is 4.66. The van der Waals surface area contributed by atoms with Crippen LogP contribution in [0.4, 0.5) is 10.2 Å². The maximum Gasteiger partial charge on any atom is 0.132 e. The number of nitrogens with two attached hydrogens (primary N) is 1. The van der Waals surface area contributed by atoms with Crippen LogP contribution in [0.1, 0.15) is 32.2 Å². The minimum atomic E-state index is -0.239. The summed E-state index contributed by atoms with van der Waals surface area (Å²) in [5.41, 5.74) is 8.05. The molecular formula is C17H20FN3. The molecular weight excluding hydrogens is 265 g/mol. The van der Waals surface area contributed by atoms with E-state index >= 15 is 0 Å². The number of imidazole rings is 1. The highest BCUT2D eigenvalue weighted by Gasteiger charge is 2.25. The van der Waals surface area contributed by atoms with Gasteiger partial charge in [-0.05, 0) is 30.7 Å². The van der Waals surface area contributed by atoms with Crippen LogP contribution in [0.25, 0.3) is 11.3 Å². The van der Waals surface area contributed by atoms with Crippen LogP contribution < -0.4 is 5.73 Å². The van der Waals surface area contributed by atoms with Crippen LogP contribution in [0, 0.1) is 25.1 Å². The molecule has 4 heteroatoms. The number of rotatable bonds is 2. The molecule has 0 atom stereocenters. The number of aryl methyl sites for hydroxylation is 1. The minimum absolute atomic E-state index is 0.182. The Morgan fingerprint density at radius 1 is 1.38 bits per heavy atom. The van der Waals surface area contributed by atoms with Crippen molar-refractivity contribution in [3.63, 3.8) is 0 Å². The molecule has 0 aliphatic rings. The summed E-state index contributed by atoms with van der Waals surface area (Å²) in [6.07, 6.45) is 5.43. The van der Waals surface area contributed by atoms with E-state index in [1.165, 1.54) is 6.07 Å². The summed E-state index contributed by atoms with van der Waals surface area (Å²) < 4.78 is 15.3. The number of anilines is 1. The summed E-state index contributed by atoms with van der Waals surface area (Å²) in [6.45, 7) is 8.26. The average Bonchev–Trinajstić information content (AvgIpc) is 2.71. The fourth-order valence-electron chi connectivity index (χ4n) is 2.29. The van der Waals surface area contributed by atoms with Crippen molar-refractivity contribution in [3.8, 4) is 23.6 Å². The van der Waals surface area contributed by atoms with Gasteiger partial charge in [-0.2, -0.15) is 0 Å². The molecule has 0 bridgehead atoms. The maximum absolute atomic E-state index is 13.4. The number of benzene rings is 1. The van der Waals surface area contributed by atoms with Crippen molar-refractivity contribution < 1.29 is 4.39 Å². The lowest BCUT2D eigenvalue weighted by Gasteiger charge is -2.18. The Kier molecular flexibility index (Phi) is 3.78. The molecule has 2 N–H and O–H groups in total. The molecule has 3 nitrogen and oxygen atoms in total. The molecule has 1 aromatic heterocycles. The van der Waals surface area contributed by atoms with Gasteiger partial charge in [-0.25, -0.2) is 9.37 Å². The second-order valence-corrected chi connectivity index (χ2v) is 6.17. The molecule has 0 radical (unpaired) electrons. The molecule has 1 heterocycles. The Labute approximate surface area is 125 Å². The molecule has 2 aromatic rings. The van der Waals surface area contributed by atoms with Crippen molar-refractivity contribution in [2.45, 2.75) is 39.7 Å². The van der Waals surface area contributed by atoms with Gasteiger partial charge in [0.2, 0.25) is 0 Å². The highest BCUT2D eigenvalue weighted by atomic mass is 19.1. The molecule has 2 rings (SSSR count). The molecule has 0 saturated carbocycles. The van der Waals surface area contributed by atoms with E-state index in [9.17, 15) is 4.39 Å². The third-order valence-corrected chi connectivity index (χ3v) is 3.36.